The number of unbranched alkanes of at least 4 members (excludes halogenated alkanes) is 2. The van der Waals surface area contributed by atoms with Crippen LogP contribution in [0, 0.1) is 0 Å². The van der Waals surface area contributed by atoms with E-state index in [1.54, 1.807) is 12.5 Å². The number of pyridine rings is 4. The number of hydrogen-bond acceptors (Lipinski definition) is 14. The molecule has 0 bridgehead atoms. The molecule has 9 aromatic rings. The zero-order valence-corrected chi connectivity index (χ0v) is 59.4. The number of piperidine rings is 4. The minimum absolute atomic E-state index is 0.175. The summed E-state index contributed by atoms with van der Waals surface area (Å²) in [5, 5.41) is 5.10. The fraction of sp³-hybridized carbons (Fsp3) is 0.532. The lowest BCUT2D eigenvalue weighted by Gasteiger charge is -2.31. The summed E-state index contributed by atoms with van der Waals surface area (Å²) < 4.78 is 40.3. The van der Waals surface area contributed by atoms with Crippen molar-refractivity contribution in [3.63, 3.8) is 0 Å². The maximum Gasteiger partial charge on any atom is 0.409 e. The lowest BCUT2D eigenvalue weighted by Crippen LogP contribution is -2.38. The van der Waals surface area contributed by atoms with Crippen LogP contribution in [-0.2, 0) is 49.9 Å². The molecule has 0 saturated carbocycles. The average Bonchev–Trinajstić information content (AvgIpc) is 1.67. The van der Waals surface area contributed by atoms with Gasteiger partial charge in [-0.2, -0.15) is 0 Å². The van der Waals surface area contributed by atoms with Crippen LogP contribution in [0.25, 0.3) is 43.7 Å². The van der Waals surface area contributed by atoms with Gasteiger partial charge in [0.25, 0.3) is 0 Å². The van der Waals surface area contributed by atoms with Crippen molar-refractivity contribution >= 4 is 68.1 Å². The number of likely N-dealkylation sites (tertiary alicyclic amines) is 4. The molecule has 4 fully saturated rings. The molecule has 4 saturated heterocycles. The average molecular weight is 1360 g/mol. The van der Waals surface area contributed by atoms with Crippen LogP contribution in [0.1, 0.15) is 177 Å². The van der Waals surface area contributed by atoms with Crippen LogP contribution in [0.4, 0.5) is 19.2 Å². The number of carbonyl (C=O) groups is 4. The Morgan fingerprint density at radius 3 is 1.19 bits per heavy atom. The number of fused-ring (bicyclic) bond motifs is 4. The summed E-state index contributed by atoms with van der Waals surface area (Å²) in [5.74, 6) is 1.90. The number of rotatable bonds is 20. The van der Waals surface area contributed by atoms with E-state index in [4.69, 9.17) is 28.1 Å². The van der Waals surface area contributed by atoms with Crippen LogP contribution in [0.2, 0.25) is 0 Å². The highest BCUT2D eigenvalue weighted by Gasteiger charge is 2.31. The van der Waals surface area contributed by atoms with Crippen LogP contribution < -0.4 is 0 Å². The summed E-state index contributed by atoms with van der Waals surface area (Å²) in [5.41, 5.74) is 11.2. The van der Waals surface area contributed by atoms with Gasteiger partial charge in [-0.05, 0) is 181 Å². The molecule has 22 nitrogen and oxygen atoms in total. The molecule has 0 N–H and O–H groups in total. The minimum atomic E-state index is -0.197. The summed E-state index contributed by atoms with van der Waals surface area (Å²) in [4.78, 5) is 72.3. The quantitative estimate of drug-likeness (QED) is 0.0513. The first-order chi connectivity index (χ1) is 48.5. The molecule has 9 aromatic heterocycles. The zero-order valence-electron chi connectivity index (χ0n) is 59.4. The minimum Gasteiger partial charge on any atom is -0.472 e. The maximum absolute atomic E-state index is 11.9. The van der Waals surface area contributed by atoms with E-state index in [1.165, 1.54) is 75.0 Å². The maximum atomic E-state index is 11.9. The predicted octanol–water partition coefficient (Wildman–Crippen LogP) is 15.8. The molecule has 0 atom stereocenters. The molecule has 13 heterocycles. The van der Waals surface area contributed by atoms with Crippen molar-refractivity contribution < 1.29 is 47.3 Å². The number of furan rings is 1. The van der Waals surface area contributed by atoms with E-state index in [1.807, 2.05) is 110 Å². The number of ether oxygens (including phenoxy) is 5. The van der Waals surface area contributed by atoms with Crippen molar-refractivity contribution in [2.45, 2.75) is 175 Å². The van der Waals surface area contributed by atoms with Crippen molar-refractivity contribution in [1.29, 1.82) is 0 Å². The highest BCUT2D eigenvalue weighted by molar-refractivity contribution is 5.86. The van der Waals surface area contributed by atoms with Gasteiger partial charge in [0.05, 0.1) is 87.2 Å². The third kappa shape index (κ3) is 18.5. The molecule has 0 radical (unpaired) electrons. The van der Waals surface area contributed by atoms with Crippen LogP contribution in [0.3, 0.4) is 0 Å². The molecule has 4 aliphatic heterocycles. The van der Waals surface area contributed by atoms with Gasteiger partial charge in [-0.15, -0.1) is 0 Å². The van der Waals surface area contributed by atoms with E-state index in [0.717, 1.165) is 159 Å². The lowest BCUT2D eigenvalue weighted by atomic mass is 9.89. The normalized spacial score (nSPS) is 15.7. The summed E-state index contributed by atoms with van der Waals surface area (Å²) in [7, 11) is 0. The van der Waals surface area contributed by atoms with Gasteiger partial charge in [0.1, 0.15) is 5.65 Å². The molecular weight excluding hydrogens is 1250 g/mol. The van der Waals surface area contributed by atoms with E-state index < -0.39 is 0 Å². The van der Waals surface area contributed by atoms with Crippen LogP contribution in [0.15, 0.2) is 122 Å². The summed E-state index contributed by atoms with van der Waals surface area (Å²) in [6.07, 6.45) is 37.6. The van der Waals surface area contributed by atoms with Crippen molar-refractivity contribution in [3.05, 3.63) is 145 Å². The highest BCUT2D eigenvalue weighted by Crippen LogP contribution is 2.39. The number of aromatic nitrogens is 8. The molecule has 13 rings (SSSR count). The fourth-order valence-electron chi connectivity index (χ4n) is 14.5. The number of nitrogens with zero attached hydrogens (tertiary/aromatic N) is 12. The standard InChI is InChI=1S/C20H23N3O3.C19H27N3O3.2C19H27N3O2/c1-2-26-20(24)22-8-4-16(5-9-22)18-13-23(12-15-6-10-25-14-15)19-11-21-7-3-17(18)19;1-3-24-12-11-22-14-17(16-5-8-20-13-18(16)22)15-6-9-21(10-7-15)19(23)25-4-2;1-3-5-10-22-14-17(16-6-9-20-13-18(16)22)15-7-11-21(12-8-15)19(23)24-4-2;1-3-5-11-22-14-17(16-7-6-10-20-18(16)22)15-8-12-21(13-9-15)19(23)24-4-2/h3,6-7,10-11,13-14,16H,2,4-5,8-9,12H2,1H3;5,8,13-15H,3-4,6-7,9-12H2,1-2H3;6,9,13-15H,3-5,7-8,10-12H2,1-2H3;6-7,10,14-15H,3-5,8-9,11-13H2,1-2H3. The predicted molar refractivity (Wildman–Crippen MR) is 385 cm³/mol. The van der Waals surface area contributed by atoms with Gasteiger partial charge in [-0.3, -0.25) is 15.0 Å². The second-order valence-corrected chi connectivity index (χ2v) is 26.0. The lowest BCUT2D eigenvalue weighted by molar-refractivity contribution is 0.0963. The molecule has 0 aromatic carbocycles. The largest absolute Gasteiger partial charge is 0.472 e. The molecule has 0 aliphatic carbocycles. The Hall–Kier alpha value is -8.92. The Morgan fingerprint density at radius 1 is 0.434 bits per heavy atom. The van der Waals surface area contributed by atoms with Crippen LogP contribution in [0.5, 0.6) is 0 Å². The van der Waals surface area contributed by atoms with E-state index in [2.05, 4.69) is 101 Å². The molecule has 532 valence electrons. The summed E-state index contributed by atoms with van der Waals surface area (Å²) >= 11 is 0. The Balaban J connectivity index is 0.000000143. The molecule has 4 aliphatic rings. The Bertz CT molecular complexity index is 3850. The van der Waals surface area contributed by atoms with Crippen LogP contribution >= 0.6 is 0 Å². The van der Waals surface area contributed by atoms with Gasteiger partial charge >= 0.3 is 24.4 Å². The molecule has 0 spiro atoms. The molecule has 0 unspecified atom stereocenters. The van der Waals surface area contributed by atoms with Crippen molar-refractivity contribution in [3.8, 4) is 0 Å². The summed E-state index contributed by atoms with van der Waals surface area (Å²) in [6, 6.07) is 12.5. The Morgan fingerprint density at radius 2 is 0.808 bits per heavy atom. The molecule has 99 heavy (non-hydrogen) atoms. The van der Waals surface area contributed by atoms with Gasteiger partial charge in [0.2, 0.25) is 0 Å². The second-order valence-electron chi connectivity index (χ2n) is 26.0. The number of carbonyl (C=O) groups excluding carboxylic acids is 4. The molecule has 22 heteroatoms. The van der Waals surface area contributed by atoms with Gasteiger partial charge in [0.15, 0.2) is 0 Å². The first-order valence-electron chi connectivity index (χ1n) is 36.5. The van der Waals surface area contributed by atoms with Gasteiger partial charge in [0, 0.05) is 155 Å². The van der Waals surface area contributed by atoms with E-state index in [-0.39, 0.29) is 24.4 Å². The number of amides is 4. The zero-order chi connectivity index (χ0) is 69.5. The first-order valence-corrected chi connectivity index (χ1v) is 36.5. The van der Waals surface area contributed by atoms with E-state index in [0.29, 0.717) is 56.7 Å². The number of aryl methyl sites for hydroxylation is 2. The van der Waals surface area contributed by atoms with Gasteiger partial charge in [-0.1, -0.05) is 26.7 Å². The van der Waals surface area contributed by atoms with Crippen molar-refractivity contribution in [2.75, 3.05) is 92.0 Å². The SMILES string of the molecule is CCCCn1cc(C2CCN(C(=O)OCC)CC2)c2cccnc21.CCCCn1cc(C2CCN(C(=O)OCC)CC2)c2ccncc21.CCOC(=O)N1CCC(c2cn(Cc3ccoc3)c3cnccc23)CC1.CCOCCn1cc(C2CCN(C(=O)OCC)CC2)c2ccncc21. The molecule has 4 amide bonds. The molecular formula is C77H104N12O10. The van der Waals surface area contributed by atoms with Gasteiger partial charge in [-0.25, -0.2) is 24.2 Å². The third-order valence-electron chi connectivity index (χ3n) is 19.8. The highest BCUT2D eigenvalue weighted by atomic mass is 16.6. The number of hydrogen-bond donors (Lipinski definition) is 0. The van der Waals surface area contributed by atoms with Crippen LogP contribution in [-0.4, -0.2) is 174 Å². The fourth-order valence-corrected chi connectivity index (χ4v) is 14.5. The third-order valence-corrected chi connectivity index (χ3v) is 19.8. The summed E-state index contributed by atoms with van der Waals surface area (Å²) in [6.45, 7) is 26.7. The van der Waals surface area contributed by atoms with E-state index in [9.17, 15) is 19.2 Å². The smallest absolute Gasteiger partial charge is 0.409 e. The van der Waals surface area contributed by atoms with E-state index >= 15 is 0 Å². The Labute approximate surface area is 582 Å². The van der Waals surface area contributed by atoms with Crippen molar-refractivity contribution in [2.24, 2.45) is 0 Å². The first kappa shape index (κ1) is 72.8. The Kier molecular flexibility index (Phi) is 27.1. The monoisotopic (exact) mass is 1360 g/mol. The second kappa shape index (κ2) is 36.8. The van der Waals surface area contributed by atoms with Crippen molar-refractivity contribution in [1.82, 2.24) is 57.8 Å². The van der Waals surface area contributed by atoms with Gasteiger partial charge < -0.3 is 66.0 Å². The topological polar surface area (TPSA) is 212 Å².